The average Bonchev–Trinajstić information content (AvgIpc) is 2.42. The molecule has 0 saturated carbocycles. The third kappa shape index (κ3) is 3.41. The molecule has 0 amide bonds. The van der Waals surface area contributed by atoms with Crippen LogP contribution in [0.25, 0.3) is 0 Å². The van der Waals surface area contributed by atoms with E-state index in [1.165, 1.54) is 12.6 Å². The lowest BCUT2D eigenvalue weighted by Crippen LogP contribution is -2.29. The first-order valence-corrected chi connectivity index (χ1v) is 6.12. The number of hydrogen-bond acceptors (Lipinski definition) is 4. The maximum Gasteiger partial charge on any atom is 0.310 e. The van der Waals surface area contributed by atoms with Gasteiger partial charge in [0, 0.05) is 19.3 Å². The zero-order valence-electron chi connectivity index (χ0n) is 10.4. The summed E-state index contributed by atoms with van der Waals surface area (Å²) in [7, 11) is 0. The quantitative estimate of drug-likeness (QED) is 0.586. The second-order valence-corrected chi connectivity index (χ2v) is 3.67. The van der Waals surface area contributed by atoms with Gasteiger partial charge in [0.2, 0.25) is 0 Å². The van der Waals surface area contributed by atoms with Crippen molar-refractivity contribution in [2.24, 2.45) is 0 Å². The molecule has 94 valence electrons. The van der Waals surface area contributed by atoms with E-state index in [9.17, 15) is 10.1 Å². The molecular weight excluding hydrogens is 218 g/mol. The van der Waals surface area contributed by atoms with Crippen molar-refractivity contribution in [1.82, 2.24) is 4.98 Å². The van der Waals surface area contributed by atoms with Crippen molar-refractivity contribution in [3.8, 4) is 0 Å². The summed E-state index contributed by atoms with van der Waals surface area (Å²) in [4.78, 5) is 16.3. The first-order valence-electron chi connectivity index (χ1n) is 6.12. The van der Waals surface area contributed by atoms with Gasteiger partial charge in [-0.2, -0.15) is 0 Å². The smallest absolute Gasteiger partial charge is 0.310 e. The summed E-state index contributed by atoms with van der Waals surface area (Å²) in [6, 6.07) is 1.73. The summed E-state index contributed by atoms with van der Waals surface area (Å²) >= 11 is 0. The van der Waals surface area contributed by atoms with Crippen LogP contribution >= 0.6 is 0 Å². The zero-order chi connectivity index (χ0) is 12.7. The van der Waals surface area contributed by atoms with Gasteiger partial charge in [0.25, 0.3) is 0 Å². The van der Waals surface area contributed by atoms with Crippen LogP contribution < -0.4 is 4.90 Å². The summed E-state index contributed by atoms with van der Waals surface area (Å²) in [5.74, 6) is 0. The highest BCUT2D eigenvalue weighted by molar-refractivity contribution is 5.61. The lowest BCUT2D eigenvalue weighted by atomic mass is 10.1. The van der Waals surface area contributed by atoms with Gasteiger partial charge in [0.05, 0.1) is 4.92 Å². The molecule has 1 aliphatic rings. The fourth-order valence-electron chi connectivity index (χ4n) is 1.92. The first-order chi connectivity index (χ1) is 8.29. The lowest BCUT2D eigenvalue weighted by molar-refractivity contribution is -0.384. The number of nitrogens with zero attached hydrogens (tertiary/aromatic N) is 3. The van der Waals surface area contributed by atoms with Crippen LogP contribution in [-0.4, -0.2) is 23.0 Å². The second-order valence-electron chi connectivity index (χ2n) is 3.67. The van der Waals surface area contributed by atoms with Crippen LogP contribution in [0.3, 0.4) is 0 Å². The minimum Gasteiger partial charge on any atom is -0.366 e. The fraction of sp³-hybridized carbons (Fsp3) is 0.583. The van der Waals surface area contributed by atoms with E-state index in [1.54, 1.807) is 12.3 Å². The number of anilines is 1. The van der Waals surface area contributed by atoms with Gasteiger partial charge >= 0.3 is 5.69 Å². The Morgan fingerprint density at radius 3 is 2.53 bits per heavy atom. The van der Waals surface area contributed by atoms with Crippen LogP contribution in [0.4, 0.5) is 11.4 Å². The predicted molar refractivity (Wildman–Crippen MR) is 68.3 cm³/mol. The van der Waals surface area contributed by atoms with Crippen molar-refractivity contribution in [2.75, 3.05) is 18.0 Å². The average molecular weight is 237 g/mol. The van der Waals surface area contributed by atoms with Gasteiger partial charge in [-0.15, -0.1) is 0 Å². The van der Waals surface area contributed by atoms with E-state index in [4.69, 9.17) is 0 Å². The highest BCUT2D eigenvalue weighted by Gasteiger charge is 2.20. The largest absolute Gasteiger partial charge is 0.366 e. The van der Waals surface area contributed by atoms with Gasteiger partial charge in [-0.25, -0.2) is 0 Å². The Balaban J connectivity index is 0.000000686. The molecule has 0 atom stereocenters. The third-order valence-corrected chi connectivity index (χ3v) is 2.67. The van der Waals surface area contributed by atoms with Crippen LogP contribution in [0.1, 0.15) is 33.1 Å². The molecule has 0 spiro atoms. The van der Waals surface area contributed by atoms with E-state index in [1.807, 2.05) is 13.8 Å². The minimum atomic E-state index is -0.364. The van der Waals surface area contributed by atoms with Crippen LogP contribution in [0, 0.1) is 10.1 Å². The van der Waals surface area contributed by atoms with E-state index in [0.29, 0.717) is 5.69 Å². The van der Waals surface area contributed by atoms with Crippen molar-refractivity contribution in [3.05, 3.63) is 28.6 Å². The Hall–Kier alpha value is -1.65. The maximum absolute atomic E-state index is 10.8. The number of nitro groups is 1. The summed E-state index contributed by atoms with van der Waals surface area (Å²) in [5.41, 5.74) is 0.814. The molecule has 1 aromatic heterocycles. The van der Waals surface area contributed by atoms with Gasteiger partial charge in [0.1, 0.15) is 11.9 Å². The number of rotatable bonds is 2. The summed E-state index contributed by atoms with van der Waals surface area (Å²) in [6.07, 6.45) is 6.37. The van der Waals surface area contributed by atoms with Crippen LogP contribution in [0.15, 0.2) is 18.5 Å². The van der Waals surface area contributed by atoms with Crippen molar-refractivity contribution >= 4 is 11.4 Å². The topological polar surface area (TPSA) is 59.3 Å². The standard InChI is InChI=1S/C10H13N3O2.C2H6/c14-13(15)10-8-11-5-4-9(10)12-6-2-1-3-7-12;1-2/h4-5,8H,1-3,6-7H2;1-2H3. The maximum atomic E-state index is 10.8. The van der Waals surface area contributed by atoms with E-state index in [-0.39, 0.29) is 10.6 Å². The predicted octanol–water partition coefficient (Wildman–Crippen LogP) is 3.01. The zero-order valence-corrected chi connectivity index (χ0v) is 10.4. The Labute approximate surface area is 102 Å². The number of pyridine rings is 1. The minimum absolute atomic E-state index is 0.111. The number of hydrogen-bond donors (Lipinski definition) is 0. The first kappa shape index (κ1) is 13.4. The van der Waals surface area contributed by atoms with Gasteiger partial charge in [-0.3, -0.25) is 15.1 Å². The Kier molecular flexibility index (Phi) is 5.39. The molecule has 5 nitrogen and oxygen atoms in total. The molecule has 0 aromatic carbocycles. The molecule has 1 aliphatic heterocycles. The fourth-order valence-corrected chi connectivity index (χ4v) is 1.92. The normalized spacial score (nSPS) is 14.8. The molecule has 0 N–H and O–H groups in total. The number of aromatic nitrogens is 1. The number of piperidine rings is 1. The van der Waals surface area contributed by atoms with Gasteiger partial charge in [0.15, 0.2) is 0 Å². The second kappa shape index (κ2) is 6.83. The molecule has 5 heteroatoms. The molecule has 0 radical (unpaired) electrons. The highest BCUT2D eigenvalue weighted by atomic mass is 16.6. The Morgan fingerprint density at radius 2 is 1.94 bits per heavy atom. The SMILES string of the molecule is CC.O=[N+]([O-])c1cnccc1N1CCCCC1. The van der Waals surface area contributed by atoms with Gasteiger partial charge in [-0.05, 0) is 25.3 Å². The van der Waals surface area contributed by atoms with E-state index >= 15 is 0 Å². The molecule has 2 rings (SSSR count). The molecule has 1 saturated heterocycles. The van der Waals surface area contributed by atoms with Crippen molar-refractivity contribution < 1.29 is 4.92 Å². The van der Waals surface area contributed by atoms with Crippen molar-refractivity contribution in [2.45, 2.75) is 33.1 Å². The summed E-state index contributed by atoms with van der Waals surface area (Å²) in [5, 5.41) is 10.8. The van der Waals surface area contributed by atoms with Crippen molar-refractivity contribution in [1.29, 1.82) is 0 Å². The summed E-state index contributed by atoms with van der Waals surface area (Å²) in [6.45, 7) is 5.82. The molecule has 0 bridgehead atoms. The lowest BCUT2D eigenvalue weighted by Gasteiger charge is -2.28. The third-order valence-electron chi connectivity index (χ3n) is 2.67. The highest BCUT2D eigenvalue weighted by Crippen LogP contribution is 2.28. The van der Waals surface area contributed by atoms with Crippen molar-refractivity contribution in [3.63, 3.8) is 0 Å². The molecule has 2 heterocycles. The molecule has 17 heavy (non-hydrogen) atoms. The van der Waals surface area contributed by atoms with E-state index in [0.717, 1.165) is 25.9 Å². The molecule has 0 unspecified atom stereocenters. The molecular formula is C12H19N3O2. The van der Waals surface area contributed by atoms with Gasteiger partial charge in [-0.1, -0.05) is 13.8 Å². The Bertz CT molecular complexity index is 363. The van der Waals surface area contributed by atoms with Crippen LogP contribution in [0.2, 0.25) is 0 Å². The summed E-state index contributed by atoms with van der Waals surface area (Å²) < 4.78 is 0. The van der Waals surface area contributed by atoms with E-state index in [2.05, 4.69) is 9.88 Å². The molecule has 0 aliphatic carbocycles. The molecule has 1 fully saturated rings. The van der Waals surface area contributed by atoms with E-state index < -0.39 is 0 Å². The van der Waals surface area contributed by atoms with Crippen LogP contribution in [0.5, 0.6) is 0 Å². The Morgan fingerprint density at radius 1 is 1.29 bits per heavy atom. The molecule has 1 aromatic rings. The van der Waals surface area contributed by atoms with Gasteiger partial charge < -0.3 is 4.90 Å². The monoisotopic (exact) mass is 237 g/mol. The van der Waals surface area contributed by atoms with Crippen LogP contribution in [-0.2, 0) is 0 Å².